The van der Waals surface area contributed by atoms with E-state index in [4.69, 9.17) is 20.9 Å². The van der Waals surface area contributed by atoms with E-state index in [1.807, 2.05) is 0 Å². The lowest BCUT2D eigenvalue weighted by molar-refractivity contribution is -0.123. The molecule has 1 amide bonds. The number of carbonyl (C=O) groups is 1. The lowest BCUT2D eigenvalue weighted by Gasteiger charge is -2.29. The third-order valence-electron chi connectivity index (χ3n) is 3.70. The Labute approximate surface area is 109 Å². The summed E-state index contributed by atoms with van der Waals surface area (Å²) < 4.78 is 10.2. The van der Waals surface area contributed by atoms with E-state index in [1.165, 1.54) is 0 Å². The Morgan fingerprint density at radius 2 is 1.89 bits per heavy atom. The van der Waals surface area contributed by atoms with Crippen LogP contribution < -0.4 is 11.5 Å². The second-order valence-electron chi connectivity index (χ2n) is 4.94. The first kappa shape index (κ1) is 15.4. The van der Waals surface area contributed by atoms with Gasteiger partial charge in [0.05, 0.1) is 18.8 Å². The predicted molar refractivity (Wildman–Crippen MR) is 69.1 cm³/mol. The summed E-state index contributed by atoms with van der Waals surface area (Å²) in [5.74, 6) is -0.400. The standard InChI is InChI=1S/C12H25N3O3/c1-17-7-5-15(6-8-18-2)10-3-4-12(14,9-10)11(13)16/h10H,3-9,14H2,1-2H3,(H2,13,16). The molecule has 1 aliphatic carbocycles. The van der Waals surface area contributed by atoms with Crippen molar-refractivity contribution in [3.05, 3.63) is 0 Å². The quantitative estimate of drug-likeness (QED) is 0.602. The molecule has 1 fully saturated rings. The molecule has 106 valence electrons. The van der Waals surface area contributed by atoms with Gasteiger partial charge in [0.15, 0.2) is 0 Å². The number of hydrogen-bond acceptors (Lipinski definition) is 5. The summed E-state index contributed by atoms with van der Waals surface area (Å²) in [6.45, 7) is 2.96. The van der Waals surface area contributed by atoms with Gasteiger partial charge in [-0.15, -0.1) is 0 Å². The molecule has 0 bridgehead atoms. The van der Waals surface area contributed by atoms with Gasteiger partial charge in [-0.3, -0.25) is 9.69 Å². The van der Waals surface area contributed by atoms with Crippen molar-refractivity contribution in [2.75, 3.05) is 40.5 Å². The second-order valence-corrected chi connectivity index (χ2v) is 4.94. The van der Waals surface area contributed by atoms with Gasteiger partial charge in [0.25, 0.3) is 0 Å². The average Bonchev–Trinajstić information content (AvgIpc) is 2.73. The van der Waals surface area contributed by atoms with Gasteiger partial charge in [-0.2, -0.15) is 0 Å². The fourth-order valence-electron chi connectivity index (χ4n) is 2.48. The summed E-state index contributed by atoms with van der Waals surface area (Å²) in [7, 11) is 3.36. The van der Waals surface area contributed by atoms with Crippen LogP contribution in [0.15, 0.2) is 0 Å². The molecular weight excluding hydrogens is 234 g/mol. The van der Waals surface area contributed by atoms with Crippen molar-refractivity contribution in [2.45, 2.75) is 30.8 Å². The van der Waals surface area contributed by atoms with Crippen molar-refractivity contribution in [3.63, 3.8) is 0 Å². The van der Waals surface area contributed by atoms with E-state index in [1.54, 1.807) is 14.2 Å². The maximum Gasteiger partial charge on any atom is 0.237 e. The highest BCUT2D eigenvalue weighted by Crippen LogP contribution is 2.30. The Kier molecular flexibility index (Phi) is 6.01. The zero-order chi connectivity index (χ0) is 13.6. The van der Waals surface area contributed by atoms with Crippen LogP contribution in [0, 0.1) is 0 Å². The van der Waals surface area contributed by atoms with E-state index in [-0.39, 0.29) is 6.04 Å². The number of hydrogen-bond donors (Lipinski definition) is 2. The fourth-order valence-corrected chi connectivity index (χ4v) is 2.48. The first-order valence-corrected chi connectivity index (χ1v) is 6.34. The van der Waals surface area contributed by atoms with Crippen molar-refractivity contribution in [3.8, 4) is 0 Å². The van der Waals surface area contributed by atoms with Crippen molar-refractivity contribution >= 4 is 5.91 Å². The van der Waals surface area contributed by atoms with Gasteiger partial charge < -0.3 is 20.9 Å². The topological polar surface area (TPSA) is 90.8 Å². The van der Waals surface area contributed by atoms with Crippen LogP contribution in [0.2, 0.25) is 0 Å². The molecule has 0 aromatic carbocycles. The number of carbonyl (C=O) groups excluding carboxylic acids is 1. The summed E-state index contributed by atoms with van der Waals surface area (Å²) in [5, 5.41) is 0. The third-order valence-corrected chi connectivity index (χ3v) is 3.70. The number of primary amides is 1. The van der Waals surface area contributed by atoms with Crippen molar-refractivity contribution < 1.29 is 14.3 Å². The predicted octanol–water partition coefficient (Wildman–Crippen LogP) is -0.683. The minimum absolute atomic E-state index is 0.285. The number of nitrogens with zero attached hydrogens (tertiary/aromatic N) is 1. The van der Waals surface area contributed by atoms with Gasteiger partial charge in [-0.1, -0.05) is 0 Å². The Balaban J connectivity index is 2.55. The highest BCUT2D eigenvalue weighted by atomic mass is 16.5. The highest BCUT2D eigenvalue weighted by molar-refractivity contribution is 5.84. The molecule has 1 saturated carbocycles. The van der Waals surface area contributed by atoms with E-state index in [0.29, 0.717) is 26.1 Å². The number of rotatable bonds is 8. The van der Waals surface area contributed by atoms with Gasteiger partial charge in [-0.05, 0) is 19.3 Å². The molecule has 0 spiro atoms. The minimum Gasteiger partial charge on any atom is -0.383 e. The maximum absolute atomic E-state index is 11.3. The number of nitrogens with two attached hydrogens (primary N) is 2. The van der Waals surface area contributed by atoms with Gasteiger partial charge in [0.2, 0.25) is 5.91 Å². The molecule has 1 rings (SSSR count). The van der Waals surface area contributed by atoms with Crippen molar-refractivity contribution in [2.24, 2.45) is 11.5 Å². The van der Waals surface area contributed by atoms with Crippen molar-refractivity contribution in [1.29, 1.82) is 0 Å². The molecule has 1 aliphatic rings. The Morgan fingerprint density at radius 3 is 2.28 bits per heavy atom. The molecule has 0 saturated heterocycles. The molecule has 6 heteroatoms. The molecule has 18 heavy (non-hydrogen) atoms. The summed E-state index contributed by atoms with van der Waals surface area (Å²) >= 11 is 0. The first-order chi connectivity index (χ1) is 8.53. The molecule has 2 atom stereocenters. The zero-order valence-corrected chi connectivity index (χ0v) is 11.4. The summed E-state index contributed by atoms with van der Waals surface area (Å²) in [4.78, 5) is 13.6. The molecular formula is C12H25N3O3. The van der Waals surface area contributed by atoms with Gasteiger partial charge in [0.1, 0.15) is 0 Å². The number of ether oxygens (including phenoxy) is 2. The Hall–Kier alpha value is -0.690. The highest BCUT2D eigenvalue weighted by Gasteiger charge is 2.42. The number of methoxy groups -OCH3 is 2. The lowest BCUT2D eigenvalue weighted by Crippen LogP contribution is -2.51. The summed E-state index contributed by atoms with van der Waals surface area (Å²) in [5.41, 5.74) is 10.5. The Bertz CT molecular complexity index is 267. The minimum atomic E-state index is -0.844. The molecule has 0 aromatic heterocycles. The van der Waals surface area contributed by atoms with Gasteiger partial charge >= 0.3 is 0 Å². The fraction of sp³-hybridized carbons (Fsp3) is 0.917. The lowest BCUT2D eigenvalue weighted by atomic mass is 9.98. The molecule has 0 radical (unpaired) electrons. The van der Waals surface area contributed by atoms with E-state index in [2.05, 4.69) is 4.90 Å². The van der Waals surface area contributed by atoms with Crippen LogP contribution in [-0.4, -0.2) is 62.9 Å². The molecule has 4 N–H and O–H groups in total. The van der Waals surface area contributed by atoms with Crippen molar-refractivity contribution in [1.82, 2.24) is 4.90 Å². The molecule has 0 aliphatic heterocycles. The van der Waals surface area contributed by atoms with Gasteiger partial charge in [-0.25, -0.2) is 0 Å². The van der Waals surface area contributed by atoms with Crippen LogP contribution in [0.25, 0.3) is 0 Å². The van der Waals surface area contributed by atoms with Gasteiger partial charge in [0, 0.05) is 33.4 Å². The third kappa shape index (κ3) is 3.91. The second kappa shape index (κ2) is 7.04. The largest absolute Gasteiger partial charge is 0.383 e. The SMILES string of the molecule is COCCN(CCOC)C1CCC(N)(C(N)=O)C1. The van der Waals surface area contributed by atoms with Crippen LogP contribution in [0.1, 0.15) is 19.3 Å². The smallest absolute Gasteiger partial charge is 0.237 e. The first-order valence-electron chi connectivity index (χ1n) is 6.34. The van der Waals surface area contributed by atoms with E-state index in [0.717, 1.165) is 19.5 Å². The number of amides is 1. The van der Waals surface area contributed by atoms with E-state index in [9.17, 15) is 4.79 Å². The zero-order valence-electron chi connectivity index (χ0n) is 11.4. The summed E-state index contributed by atoms with van der Waals surface area (Å²) in [6, 6.07) is 0.285. The van der Waals surface area contributed by atoms with Crippen LogP contribution in [0.5, 0.6) is 0 Å². The van der Waals surface area contributed by atoms with Crippen LogP contribution in [0.4, 0.5) is 0 Å². The van der Waals surface area contributed by atoms with Crippen LogP contribution >= 0.6 is 0 Å². The van der Waals surface area contributed by atoms with E-state index >= 15 is 0 Å². The van der Waals surface area contributed by atoms with Crippen LogP contribution in [0.3, 0.4) is 0 Å². The molecule has 2 unspecified atom stereocenters. The molecule has 0 heterocycles. The monoisotopic (exact) mass is 259 g/mol. The average molecular weight is 259 g/mol. The molecule has 6 nitrogen and oxygen atoms in total. The molecule has 0 aromatic rings. The Morgan fingerprint density at radius 1 is 1.33 bits per heavy atom. The normalized spacial score (nSPS) is 27.9. The maximum atomic E-state index is 11.3. The van der Waals surface area contributed by atoms with Crippen LogP contribution in [-0.2, 0) is 14.3 Å². The van der Waals surface area contributed by atoms with E-state index < -0.39 is 11.4 Å². The summed E-state index contributed by atoms with van der Waals surface area (Å²) in [6.07, 6.45) is 2.17.